The van der Waals surface area contributed by atoms with Crippen molar-refractivity contribution in [1.82, 2.24) is 19.6 Å². The molecule has 0 saturated heterocycles. The van der Waals surface area contributed by atoms with Crippen LogP contribution >= 0.6 is 0 Å². The van der Waals surface area contributed by atoms with Crippen LogP contribution in [0.2, 0.25) is 0 Å². The van der Waals surface area contributed by atoms with Crippen LogP contribution in [0, 0.1) is 5.82 Å². The third-order valence-corrected chi connectivity index (χ3v) is 6.56. The summed E-state index contributed by atoms with van der Waals surface area (Å²) in [5.41, 5.74) is -0.805. The molecule has 1 aromatic carbocycles. The van der Waals surface area contributed by atoms with E-state index in [2.05, 4.69) is 30.7 Å². The molecule has 1 amide bonds. The average Bonchev–Trinajstić information content (AvgIpc) is 3.57. The number of hydrogen-bond donors (Lipinski definition) is 2. The Morgan fingerprint density at radius 2 is 1.84 bits per heavy atom. The molecule has 0 spiro atoms. The molecule has 1 aliphatic heterocycles. The van der Waals surface area contributed by atoms with Gasteiger partial charge in [-0.15, -0.1) is 5.10 Å². The number of benzene rings is 1. The van der Waals surface area contributed by atoms with Crippen molar-refractivity contribution in [3.63, 3.8) is 0 Å². The van der Waals surface area contributed by atoms with Crippen molar-refractivity contribution in [2.45, 2.75) is 37.5 Å². The van der Waals surface area contributed by atoms with Crippen molar-refractivity contribution in [3.05, 3.63) is 71.3 Å². The Labute approximate surface area is 207 Å². The third kappa shape index (κ3) is 4.28. The monoisotopic (exact) mass is 509 g/mol. The van der Waals surface area contributed by atoms with Crippen LogP contribution in [0.15, 0.2) is 53.8 Å². The molecular formula is C25H19F4N7O. The first kappa shape index (κ1) is 23.1. The summed E-state index contributed by atoms with van der Waals surface area (Å²) in [5, 5.41) is 10.8. The molecule has 2 N–H and O–H groups in total. The Balaban J connectivity index is 1.24. The first-order valence-electron chi connectivity index (χ1n) is 11.6. The molecule has 1 aliphatic carbocycles. The van der Waals surface area contributed by atoms with E-state index in [-0.39, 0.29) is 28.8 Å². The van der Waals surface area contributed by atoms with Crippen LogP contribution in [0.5, 0.6) is 0 Å². The summed E-state index contributed by atoms with van der Waals surface area (Å²) in [4.78, 5) is 24.3. The van der Waals surface area contributed by atoms with E-state index < -0.39 is 29.0 Å². The highest BCUT2D eigenvalue weighted by Gasteiger charge is 2.41. The lowest BCUT2D eigenvalue weighted by Crippen LogP contribution is -2.22. The number of pyridine rings is 2. The standard InChI is InChI=1S/C25H19F4N7O/c26-14-7-9-36-19(10-14)34-24(35-36)33-16-5-4-15(11-16)32-22-18(2-1-8-30-22)17-6-3-13-12-31-23(37)20(13)21(17)25(27,28)29/h1-3,6-10,12,15-16H,4-5,11H2,(H,30,32)(H,33,35)/t15-,16-/m0/s1. The van der Waals surface area contributed by atoms with Gasteiger partial charge in [-0.05, 0) is 43.0 Å². The normalized spacial score (nSPS) is 19.0. The Morgan fingerprint density at radius 3 is 2.65 bits per heavy atom. The van der Waals surface area contributed by atoms with E-state index in [1.807, 2.05) is 0 Å². The number of aromatic nitrogens is 4. The predicted octanol–water partition coefficient (Wildman–Crippen LogP) is 4.97. The number of halogens is 4. The summed E-state index contributed by atoms with van der Waals surface area (Å²) >= 11 is 0. The molecule has 4 heterocycles. The largest absolute Gasteiger partial charge is 0.417 e. The minimum atomic E-state index is -4.76. The zero-order valence-corrected chi connectivity index (χ0v) is 19.1. The van der Waals surface area contributed by atoms with E-state index in [0.717, 1.165) is 19.1 Å². The molecule has 37 heavy (non-hydrogen) atoms. The molecule has 0 radical (unpaired) electrons. The molecule has 12 heteroatoms. The second-order valence-electron chi connectivity index (χ2n) is 8.99. The topological polar surface area (TPSA) is 96.6 Å². The number of anilines is 2. The van der Waals surface area contributed by atoms with Crippen molar-refractivity contribution in [3.8, 4) is 11.1 Å². The highest BCUT2D eigenvalue weighted by atomic mass is 19.4. The summed E-state index contributed by atoms with van der Waals surface area (Å²) < 4.78 is 57.4. The summed E-state index contributed by atoms with van der Waals surface area (Å²) in [5.74, 6) is -0.645. The second kappa shape index (κ2) is 8.64. The van der Waals surface area contributed by atoms with Gasteiger partial charge >= 0.3 is 6.18 Å². The number of amides is 1. The zero-order chi connectivity index (χ0) is 25.7. The van der Waals surface area contributed by atoms with Gasteiger partial charge in [-0.3, -0.25) is 4.79 Å². The molecule has 6 rings (SSSR count). The number of hydrogen-bond acceptors (Lipinski definition) is 6. The Kier molecular flexibility index (Phi) is 5.39. The van der Waals surface area contributed by atoms with E-state index in [4.69, 9.17) is 0 Å². The number of nitrogens with one attached hydrogen (secondary N) is 2. The van der Waals surface area contributed by atoms with Crippen molar-refractivity contribution in [2.24, 2.45) is 4.99 Å². The van der Waals surface area contributed by atoms with Gasteiger partial charge < -0.3 is 10.6 Å². The molecule has 188 valence electrons. The maximum absolute atomic E-state index is 14.2. The van der Waals surface area contributed by atoms with Gasteiger partial charge in [-0.1, -0.05) is 12.1 Å². The third-order valence-electron chi connectivity index (χ3n) is 6.56. The summed E-state index contributed by atoms with van der Waals surface area (Å²) in [7, 11) is 0. The fourth-order valence-electron chi connectivity index (χ4n) is 4.94. The number of alkyl halides is 3. The quantitative estimate of drug-likeness (QED) is 0.369. The number of aliphatic imine (C=N–C) groups is 1. The lowest BCUT2D eigenvalue weighted by atomic mass is 9.92. The molecule has 1 saturated carbocycles. The molecule has 3 aromatic heterocycles. The van der Waals surface area contributed by atoms with Crippen LogP contribution in [0.1, 0.15) is 40.7 Å². The highest BCUT2D eigenvalue weighted by Crippen LogP contribution is 2.43. The number of nitrogens with zero attached hydrogens (tertiary/aromatic N) is 5. The van der Waals surface area contributed by atoms with Crippen LogP contribution in [-0.4, -0.2) is 43.8 Å². The fraction of sp³-hybridized carbons (Fsp3) is 0.240. The van der Waals surface area contributed by atoms with Crippen molar-refractivity contribution in [2.75, 3.05) is 10.6 Å². The smallest absolute Gasteiger partial charge is 0.367 e. The van der Waals surface area contributed by atoms with E-state index in [0.29, 0.717) is 23.8 Å². The molecule has 4 aromatic rings. The van der Waals surface area contributed by atoms with Crippen molar-refractivity contribution < 1.29 is 22.4 Å². The molecule has 1 fully saturated rings. The molecular weight excluding hydrogens is 490 g/mol. The summed E-state index contributed by atoms with van der Waals surface area (Å²) in [6.45, 7) is 0. The number of carbonyl (C=O) groups is 1. The Bertz CT molecular complexity index is 1560. The van der Waals surface area contributed by atoms with Gasteiger partial charge in [0.2, 0.25) is 5.95 Å². The predicted molar refractivity (Wildman–Crippen MR) is 128 cm³/mol. The fourth-order valence-corrected chi connectivity index (χ4v) is 4.94. The van der Waals surface area contributed by atoms with Crippen LogP contribution < -0.4 is 10.6 Å². The minimum Gasteiger partial charge on any atom is -0.367 e. The van der Waals surface area contributed by atoms with Gasteiger partial charge in [0.15, 0.2) is 5.65 Å². The van der Waals surface area contributed by atoms with E-state index >= 15 is 0 Å². The average molecular weight is 509 g/mol. The number of fused-ring (bicyclic) bond motifs is 2. The van der Waals surface area contributed by atoms with Crippen LogP contribution in [0.4, 0.5) is 29.3 Å². The number of rotatable bonds is 5. The van der Waals surface area contributed by atoms with Crippen molar-refractivity contribution >= 4 is 29.5 Å². The first-order valence-corrected chi connectivity index (χ1v) is 11.6. The number of carbonyl (C=O) groups excluding carboxylic acids is 1. The van der Waals surface area contributed by atoms with E-state index in [1.165, 1.54) is 41.2 Å². The molecule has 8 nitrogen and oxygen atoms in total. The lowest BCUT2D eigenvalue weighted by Gasteiger charge is -2.20. The maximum atomic E-state index is 14.2. The van der Waals surface area contributed by atoms with E-state index in [9.17, 15) is 22.4 Å². The highest BCUT2D eigenvalue weighted by molar-refractivity contribution is 6.15. The van der Waals surface area contributed by atoms with Crippen LogP contribution in [-0.2, 0) is 6.18 Å². The molecule has 2 atom stereocenters. The minimum absolute atomic E-state index is 0.00687. The molecule has 2 aliphatic rings. The van der Waals surface area contributed by atoms with Crippen LogP contribution in [0.3, 0.4) is 0 Å². The first-order chi connectivity index (χ1) is 17.8. The van der Waals surface area contributed by atoms with Gasteiger partial charge in [0, 0.05) is 47.9 Å². The van der Waals surface area contributed by atoms with Gasteiger partial charge in [-0.25, -0.2) is 18.9 Å². The summed E-state index contributed by atoms with van der Waals surface area (Å²) in [6, 6.07) is 8.44. The van der Waals surface area contributed by atoms with E-state index in [1.54, 1.807) is 12.1 Å². The summed E-state index contributed by atoms with van der Waals surface area (Å²) in [6.07, 6.45) is 1.52. The molecule has 0 unspecified atom stereocenters. The zero-order valence-electron chi connectivity index (χ0n) is 19.1. The second-order valence-corrected chi connectivity index (χ2v) is 8.99. The molecule has 0 bridgehead atoms. The Morgan fingerprint density at radius 1 is 1.03 bits per heavy atom. The van der Waals surface area contributed by atoms with Gasteiger partial charge in [0.1, 0.15) is 11.6 Å². The van der Waals surface area contributed by atoms with Gasteiger partial charge in [-0.2, -0.15) is 18.2 Å². The van der Waals surface area contributed by atoms with Crippen molar-refractivity contribution in [1.29, 1.82) is 0 Å². The maximum Gasteiger partial charge on any atom is 0.417 e. The lowest BCUT2D eigenvalue weighted by molar-refractivity contribution is -0.137. The van der Waals surface area contributed by atoms with Crippen LogP contribution in [0.25, 0.3) is 16.8 Å². The SMILES string of the molecule is O=C1N=Cc2ccc(-c3cccnc3N[C@H]3CC[C@H](Nc4nc5cc(F)ccn5n4)C3)c(C(F)(F)F)c21. The Hall–Kier alpha value is -4.35. The van der Waals surface area contributed by atoms with Gasteiger partial charge in [0.05, 0.1) is 11.1 Å². The van der Waals surface area contributed by atoms with Gasteiger partial charge in [0.25, 0.3) is 5.91 Å².